The van der Waals surface area contributed by atoms with E-state index in [0.717, 1.165) is 45.6 Å². The van der Waals surface area contributed by atoms with E-state index in [1.807, 2.05) is 24.3 Å². The second-order valence-corrected chi connectivity index (χ2v) is 9.34. The number of carbonyl (C=O) groups is 1. The SMILES string of the molecule is Cc1ccc(-c2csc3ncnc(NC(C)c4ccc(OCC(=O)NC5CC5)cc4)c23)cc1. The van der Waals surface area contributed by atoms with Crippen molar-refractivity contribution in [2.45, 2.75) is 38.8 Å². The van der Waals surface area contributed by atoms with Gasteiger partial charge in [0.25, 0.3) is 5.91 Å². The molecule has 7 heteroatoms. The molecule has 0 aliphatic heterocycles. The minimum atomic E-state index is -0.0652. The first-order valence-corrected chi connectivity index (χ1v) is 12.0. The molecule has 4 aromatic rings. The Labute approximate surface area is 197 Å². The molecule has 0 bridgehead atoms. The summed E-state index contributed by atoms with van der Waals surface area (Å²) in [6, 6.07) is 16.7. The maximum Gasteiger partial charge on any atom is 0.258 e. The van der Waals surface area contributed by atoms with Gasteiger partial charge in [0.2, 0.25) is 0 Å². The first-order chi connectivity index (χ1) is 16.1. The number of fused-ring (bicyclic) bond motifs is 1. The lowest BCUT2D eigenvalue weighted by molar-refractivity contribution is -0.123. The molecule has 1 aliphatic carbocycles. The fourth-order valence-corrected chi connectivity index (χ4v) is 4.63. The Hall–Kier alpha value is -3.45. The maximum absolute atomic E-state index is 11.8. The summed E-state index contributed by atoms with van der Waals surface area (Å²) in [6.45, 7) is 4.24. The van der Waals surface area contributed by atoms with E-state index in [0.29, 0.717) is 11.8 Å². The molecule has 1 amide bonds. The highest BCUT2D eigenvalue weighted by Gasteiger charge is 2.23. The summed E-state index contributed by atoms with van der Waals surface area (Å²) in [6.07, 6.45) is 3.75. The molecule has 2 aromatic carbocycles. The molecule has 1 aliphatic rings. The topological polar surface area (TPSA) is 76.1 Å². The number of aryl methyl sites for hydroxylation is 1. The third-order valence-corrected chi connectivity index (χ3v) is 6.66. The van der Waals surface area contributed by atoms with Crippen LogP contribution >= 0.6 is 11.3 Å². The van der Waals surface area contributed by atoms with E-state index < -0.39 is 0 Å². The van der Waals surface area contributed by atoms with E-state index >= 15 is 0 Å². The Morgan fingerprint density at radius 3 is 2.61 bits per heavy atom. The fraction of sp³-hybridized carbons (Fsp3) is 0.269. The number of carbonyl (C=O) groups excluding carboxylic acids is 1. The molecule has 1 fully saturated rings. The van der Waals surface area contributed by atoms with E-state index in [-0.39, 0.29) is 18.6 Å². The molecule has 0 saturated heterocycles. The number of amides is 1. The quantitative estimate of drug-likeness (QED) is 0.365. The molecular weight excluding hydrogens is 432 g/mol. The molecule has 2 heterocycles. The van der Waals surface area contributed by atoms with Crippen molar-refractivity contribution in [3.05, 3.63) is 71.4 Å². The van der Waals surface area contributed by atoms with Crippen molar-refractivity contribution in [3.63, 3.8) is 0 Å². The third kappa shape index (κ3) is 4.98. The van der Waals surface area contributed by atoms with Crippen LogP contribution < -0.4 is 15.4 Å². The third-order valence-electron chi connectivity index (χ3n) is 5.78. The van der Waals surface area contributed by atoms with Gasteiger partial charge in [-0.15, -0.1) is 11.3 Å². The van der Waals surface area contributed by atoms with Crippen LogP contribution in [0.3, 0.4) is 0 Å². The summed E-state index contributed by atoms with van der Waals surface area (Å²) < 4.78 is 5.62. The highest BCUT2D eigenvalue weighted by Crippen LogP contribution is 2.37. The average Bonchev–Trinajstić information content (AvgIpc) is 3.53. The Kier molecular flexibility index (Phi) is 5.96. The lowest BCUT2D eigenvalue weighted by Gasteiger charge is -2.17. The summed E-state index contributed by atoms with van der Waals surface area (Å²) in [4.78, 5) is 21.8. The summed E-state index contributed by atoms with van der Waals surface area (Å²) in [7, 11) is 0. The van der Waals surface area contributed by atoms with Gasteiger partial charge in [0.05, 0.1) is 5.39 Å². The Balaban J connectivity index is 1.30. The average molecular weight is 459 g/mol. The molecule has 1 saturated carbocycles. The summed E-state index contributed by atoms with van der Waals surface area (Å²) in [5.74, 6) is 1.44. The van der Waals surface area contributed by atoms with Gasteiger partial charge in [0.1, 0.15) is 22.7 Å². The molecule has 6 nitrogen and oxygen atoms in total. The van der Waals surface area contributed by atoms with Gasteiger partial charge < -0.3 is 15.4 Å². The van der Waals surface area contributed by atoms with Crippen LogP contribution in [0.2, 0.25) is 0 Å². The standard InChI is InChI=1S/C26H26N4O2S/c1-16-3-5-19(6-4-16)22-14-33-26-24(22)25(27-15-28-26)29-17(2)18-7-11-21(12-8-18)32-13-23(31)30-20-9-10-20/h3-8,11-12,14-15,17,20H,9-10,13H2,1-2H3,(H,30,31)(H,27,28,29). The normalized spacial score (nSPS) is 14.1. The van der Waals surface area contributed by atoms with Gasteiger partial charge in [-0.3, -0.25) is 4.79 Å². The number of hydrogen-bond acceptors (Lipinski definition) is 6. The highest BCUT2D eigenvalue weighted by molar-refractivity contribution is 7.17. The van der Waals surface area contributed by atoms with Crippen LogP contribution in [0.15, 0.2) is 60.2 Å². The second-order valence-electron chi connectivity index (χ2n) is 8.48. The van der Waals surface area contributed by atoms with Crippen LogP contribution in [-0.2, 0) is 4.79 Å². The van der Waals surface area contributed by atoms with Crippen molar-refractivity contribution in [3.8, 4) is 16.9 Å². The second kappa shape index (κ2) is 9.19. The first kappa shape index (κ1) is 21.4. The summed E-state index contributed by atoms with van der Waals surface area (Å²) in [5.41, 5.74) is 4.63. The van der Waals surface area contributed by atoms with Crippen LogP contribution in [0.5, 0.6) is 5.75 Å². The Morgan fingerprint density at radius 1 is 1.12 bits per heavy atom. The van der Waals surface area contributed by atoms with Gasteiger partial charge in [-0.1, -0.05) is 42.0 Å². The molecule has 168 valence electrons. The lowest BCUT2D eigenvalue weighted by Crippen LogP contribution is -2.30. The maximum atomic E-state index is 11.8. The van der Waals surface area contributed by atoms with E-state index in [4.69, 9.17) is 4.74 Å². The fourth-order valence-electron chi connectivity index (χ4n) is 3.72. The zero-order valence-electron chi connectivity index (χ0n) is 18.7. The van der Waals surface area contributed by atoms with Crippen molar-refractivity contribution in [1.29, 1.82) is 0 Å². The van der Waals surface area contributed by atoms with Crippen molar-refractivity contribution in [2.24, 2.45) is 0 Å². The van der Waals surface area contributed by atoms with E-state index in [1.54, 1.807) is 17.7 Å². The molecule has 0 spiro atoms. The van der Waals surface area contributed by atoms with Gasteiger partial charge in [0.15, 0.2) is 6.61 Å². The number of aromatic nitrogens is 2. The summed E-state index contributed by atoms with van der Waals surface area (Å²) >= 11 is 1.63. The van der Waals surface area contributed by atoms with Crippen LogP contribution in [0.1, 0.15) is 36.9 Å². The van der Waals surface area contributed by atoms with Gasteiger partial charge in [-0.05, 0) is 49.9 Å². The molecule has 2 N–H and O–H groups in total. The number of benzene rings is 2. The van der Waals surface area contributed by atoms with Gasteiger partial charge >= 0.3 is 0 Å². The van der Waals surface area contributed by atoms with Gasteiger partial charge in [0, 0.05) is 23.0 Å². The Morgan fingerprint density at radius 2 is 1.88 bits per heavy atom. The van der Waals surface area contributed by atoms with Crippen LogP contribution in [0, 0.1) is 6.92 Å². The largest absolute Gasteiger partial charge is 0.484 e. The number of rotatable bonds is 8. The number of hydrogen-bond donors (Lipinski definition) is 2. The number of anilines is 1. The molecule has 2 aromatic heterocycles. The van der Waals surface area contributed by atoms with E-state index in [2.05, 4.69) is 64.1 Å². The predicted octanol–water partition coefficient (Wildman–Crippen LogP) is 5.50. The molecule has 1 unspecified atom stereocenters. The van der Waals surface area contributed by atoms with Crippen LogP contribution in [0.4, 0.5) is 5.82 Å². The summed E-state index contributed by atoms with van der Waals surface area (Å²) in [5, 5.41) is 9.67. The zero-order valence-corrected chi connectivity index (χ0v) is 19.5. The number of nitrogens with one attached hydrogen (secondary N) is 2. The van der Waals surface area contributed by atoms with Crippen LogP contribution in [0.25, 0.3) is 21.3 Å². The molecule has 1 atom stereocenters. The molecule has 0 radical (unpaired) electrons. The van der Waals surface area contributed by atoms with Gasteiger partial charge in [-0.25, -0.2) is 9.97 Å². The van der Waals surface area contributed by atoms with Crippen molar-refractivity contribution >= 4 is 33.3 Å². The van der Waals surface area contributed by atoms with Crippen molar-refractivity contribution < 1.29 is 9.53 Å². The molecular formula is C26H26N4O2S. The smallest absolute Gasteiger partial charge is 0.258 e. The first-order valence-electron chi connectivity index (χ1n) is 11.1. The lowest BCUT2D eigenvalue weighted by atomic mass is 10.0. The Bertz CT molecular complexity index is 1260. The minimum absolute atomic E-state index is 0.0288. The number of ether oxygens (including phenoxy) is 1. The predicted molar refractivity (Wildman–Crippen MR) is 133 cm³/mol. The van der Waals surface area contributed by atoms with Crippen molar-refractivity contribution in [2.75, 3.05) is 11.9 Å². The minimum Gasteiger partial charge on any atom is -0.484 e. The zero-order chi connectivity index (χ0) is 22.8. The number of nitrogens with zero attached hydrogens (tertiary/aromatic N) is 2. The molecule has 33 heavy (non-hydrogen) atoms. The number of thiophene rings is 1. The van der Waals surface area contributed by atoms with E-state index in [9.17, 15) is 4.79 Å². The van der Waals surface area contributed by atoms with Crippen LogP contribution in [-0.4, -0.2) is 28.5 Å². The molecule has 5 rings (SSSR count). The highest BCUT2D eigenvalue weighted by atomic mass is 32.1. The van der Waals surface area contributed by atoms with Crippen molar-refractivity contribution in [1.82, 2.24) is 15.3 Å². The van der Waals surface area contributed by atoms with E-state index in [1.165, 1.54) is 5.56 Å². The van der Waals surface area contributed by atoms with Gasteiger partial charge in [-0.2, -0.15) is 0 Å². The monoisotopic (exact) mass is 458 g/mol.